The lowest BCUT2D eigenvalue weighted by Gasteiger charge is -2.51. The Hall–Kier alpha value is -3.39. The van der Waals surface area contributed by atoms with Crippen LogP contribution in [0, 0.1) is 0 Å². The molecule has 4 atom stereocenters. The van der Waals surface area contributed by atoms with E-state index in [2.05, 4.69) is 69.9 Å². The number of benzene rings is 3. The molecule has 2 aromatic heterocycles. The van der Waals surface area contributed by atoms with Crippen molar-refractivity contribution in [2.45, 2.75) is 56.6 Å². The largest absolute Gasteiger partial charge is 0.480 e. The van der Waals surface area contributed by atoms with Crippen LogP contribution in [0.5, 0.6) is 0 Å². The highest BCUT2D eigenvalue weighted by Crippen LogP contribution is 2.55. The summed E-state index contributed by atoms with van der Waals surface area (Å²) < 4.78 is 11.6. The average Bonchev–Trinajstić information content (AvgIpc) is 3.58. The summed E-state index contributed by atoms with van der Waals surface area (Å²) >= 11 is 0. The normalized spacial score (nSPS) is 26.3. The van der Waals surface area contributed by atoms with Gasteiger partial charge in [0.1, 0.15) is 0 Å². The van der Waals surface area contributed by atoms with E-state index in [1.54, 1.807) is 7.11 Å². The molecule has 2 N–H and O–H groups in total. The molecule has 0 saturated heterocycles. The first-order valence-corrected chi connectivity index (χ1v) is 13.6. The predicted octanol–water partition coefficient (Wildman–Crippen LogP) is 4.97. The Labute approximate surface area is 220 Å². The second kappa shape index (κ2) is 7.59. The first-order chi connectivity index (χ1) is 18.4. The van der Waals surface area contributed by atoms with Crippen molar-refractivity contribution in [1.29, 1.82) is 0 Å². The molecule has 5 aromatic rings. The molecule has 0 amide bonds. The Bertz CT molecular complexity index is 1820. The zero-order valence-electron chi connectivity index (χ0n) is 22.0. The second-order valence-corrected chi connectivity index (χ2v) is 11.7. The minimum absolute atomic E-state index is 0.0100. The number of nitrogens with zero attached hydrogens (tertiary/aromatic N) is 3. The summed E-state index contributed by atoms with van der Waals surface area (Å²) in [6.07, 6.45) is 1.59. The van der Waals surface area contributed by atoms with Crippen LogP contribution < -0.4 is 5.32 Å². The van der Waals surface area contributed by atoms with Crippen molar-refractivity contribution in [2.75, 3.05) is 20.7 Å². The maximum atomic E-state index is 11.8. The number of para-hydroxylation sites is 2. The highest BCUT2D eigenvalue weighted by atomic mass is 16.5. The van der Waals surface area contributed by atoms with E-state index < -0.39 is 5.97 Å². The number of carboxylic acid groups (broad SMARTS) is 1. The molecule has 7 heteroatoms. The molecular formula is C31H32N4O3. The summed E-state index contributed by atoms with van der Waals surface area (Å²) in [4.78, 5) is 13.8. The van der Waals surface area contributed by atoms with E-state index in [4.69, 9.17) is 4.74 Å². The van der Waals surface area contributed by atoms with Gasteiger partial charge in [-0.3, -0.25) is 9.69 Å². The molecule has 2 bridgehead atoms. The van der Waals surface area contributed by atoms with Gasteiger partial charge in [-0.1, -0.05) is 36.4 Å². The summed E-state index contributed by atoms with van der Waals surface area (Å²) in [5.74, 6) is -0.809. The van der Waals surface area contributed by atoms with Gasteiger partial charge in [0.05, 0.1) is 29.2 Å². The van der Waals surface area contributed by atoms with E-state index in [-0.39, 0.29) is 30.3 Å². The summed E-state index contributed by atoms with van der Waals surface area (Å²) in [5.41, 5.74) is 7.59. The van der Waals surface area contributed by atoms with Crippen molar-refractivity contribution in [3.63, 3.8) is 0 Å². The third-order valence-corrected chi connectivity index (χ3v) is 9.79. The molecular weight excluding hydrogens is 476 g/mol. The Morgan fingerprint density at radius 2 is 1.68 bits per heavy atom. The monoisotopic (exact) mass is 508 g/mol. The first-order valence-electron chi connectivity index (χ1n) is 13.6. The van der Waals surface area contributed by atoms with E-state index in [0.29, 0.717) is 0 Å². The van der Waals surface area contributed by atoms with Gasteiger partial charge in [0.2, 0.25) is 0 Å². The van der Waals surface area contributed by atoms with E-state index in [1.165, 1.54) is 54.7 Å². The minimum Gasteiger partial charge on any atom is -0.480 e. The van der Waals surface area contributed by atoms with Crippen molar-refractivity contribution in [1.82, 2.24) is 19.4 Å². The van der Waals surface area contributed by atoms with E-state index in [9.17, 15) is 9.90 Å². The summed E-state index contributed by atoms with van der Waals surface area (Å²) in [6, 6.07) is 17.8. The third-order valence-electron chi connectivity index (χ3n) is 9.79. The van der Waals surface area contributed by atoms with E-state index in [1.807, 2.05) is 11.9 Å². The number of ether oxygens (including phenoxy) is 1. The van der Waals surface area contributed by atoms with Crippen LogP contribution >= 0.6 is 0 Å². The van der Waals surface area contributed by atoms with Gasteiger partial charge in [0.25, 0.3) is 0 Å². The molecule has 38 heavy (non-hydrogen) atoms. The molecule has 3 aromatic carbocycles. The topological polar surface area (TPSA) is 71.7 Å². The van der Waals surface area contributed by atoms with Crippen molar-refractivity contribution >= 4 is 49.6 Å². The van der Waals surface area contributed by atoms with Crippen molar-refractivity contribution in [2.24, 2.45) is 0 Å². The predicted molar refractivity (Wildman–Crippen MR) is 150 cm³/mol. The number of carbonyl (C=O) groups is 1. The Morgan fingerprint density at radius 1 is 1.05 bits per heavy atom. The molecule has 1 aliphatic carbocycles. The van der Waals surface area contributed by atoms with E-state index >= 15 is 0 Å². The summed E-state index contributed by atoms with van der Waals surface area (Å²) in [7, 11) is 3.73. The smallest absolute Gasteiger partial charge is 0.317 e. The van der Waals surface area contributed by atoms with Crippen LogP contribution in [0.1, 0.15) is 36.9 Å². The van der Waals surface area contributed by atoms with Crippen LogP contribution in [-0.4, -0.2) is 58.0 Å². The molecule has 7 nitrogen and oxygen atoms in total. The van der Waals surface area contributed by atoms with Crippen LogP contribution in [0.3, 0.4) is 0 Å². The molecule has 0 radical (unpaired) electrons. The fourth-order valence-corrected chi connectivity index (χ4v) is 8.55. The number of aliphatic carboxylic acids is 1. The molecule has 1 saturated carbocycles. The van der Waals surface area contributed by atoms with Gasteiger partial charge in [-0.2, -0.15) is 0 Å². The molecule has 3 aliphatic rings. The van der Waals surface area contributed by atoms with Gasteiger partial charge in [0, 0.05) is 64.9 Å². The molecule has 0 unspecified atom stereocenters. The van der Waals surface area contributed by atoms with Gasteiger partial charge in [-0.05, 0) is 50.1 Å². The lowest BCUT2D eigenvalue weighted by atomic mass is 9.74. The fraction of sp³-hybridized carbons (Fsp3) is 0.387. The van der Waals surface area contributed by atoms with Gasteiger partial charge < -0.3 is 24.3 Å². The number of fused-ring (bicyclic) bond motifs is 13. The number of carboxylic acids is 1. The van der Waals surface area contributed by atoms with Gasteiger partial charge in [0.15, 0.2) is 0 Å². The maximum Gasteiger partial charge on any atom is 0.317 e. The van der Waals surface area contributed by atoms with Crippen LogP contribution in [-0.2, 0) is 28.2 Å². The summed E-state index contributed by atoms with van der Waals surface area (Å²) in [5, 5.41) is 18.7. The van der Waals surface area contributed by atoms with Crippen molar-refractivity contribution in [3.8, 4) is 0 Å². The molecule has 2 aliphatic heterocycles. The van der Waals surface area contributed by atoms with Gasteiger partial charge in [-0.25, -0.2) is 0 Å². The average molecular weight is 509 g/mol. The Balaban J connectivity index is 1.59. The van der Waals surface area contributed by atoms with Crippen LogP contribution in [0.4, 0.5) is 0 Å². The number of hydrogen-bond acceptors (Lipinski definition) is 4. The van der Waals surface area contributed by atoms with Crippen LogP contribution in [0.25, 0.3) is 43.6 Å². The number of hydrogen-bond donors (Lipinski definition) is 2. The Kier molecular flexibility index (Phi) is 4.51. The fourth-order valence-electron chi connectivity index (χ4n) is 8.55. The quantitative estimate of drug-likeness (QED) is 0.359. The Morgan fingerprint density at radius 3 is 2.37 bits per heavy atom. The highest BCUT2D eigenvalue weighted by molar-refractivity contribution is 6.25. The maximum absolute atomic E-state index is 11.8. The third kappa shape index (κ3) is 2.62. The van der Waals surface area contributed by atoms with E-state index in [0.717, 1.165) is 25.9 Å². The van der Waals surface area contributed by atoms with Crippen LogP contribution in [0.2, 0.25) is 0 Å². The first kappa shape index (κ1) is 22.6. The minimum atomic E-state index is -0.809. The van der Waals surface area contributed by atoms with Crippen LogP contribution in [0.15, 0.2) is 48.5 Å². The molecule has 0 spiro atoms. The van der Waals surface area contributed by atoms with Gasteiger partial charge >= 0.3 is 5.97 Å². The number of likely N-dealkylation sites (N-methyl/N-ethyl adjacent to an activating group) is 1. The standard InChI is InChI=1S/C31H32N4O3/c1-31-13-17(12-24(30(31)38-3)33(2)16-25(36)37)34-22-10-6-4-8-18(22)26-20-14-32-15-21(20)27-19-9-5-7-11-23(19)35(31)29(27)28(26)34/h4-11,17,24,30,32H,12-16H2,1-3H3,(H,36,37)/t17-,24+,30+,31-/m0/s1. The highest BCUT2D eigenvalue weighted by Gasteiger charge is 2.52. The number of aromatic nitrogens is 2. The molecule has 8 rings (SSSR count). The lowest BCUT2D eigenvalue weighted by Crippen LogP contribution is -2.59. The lowest BCUT2D eigenvalue weighted by molar-refractivity contribution is -0.141. The molecule has 1 fully saturated rings. The molecule has 4 heterocycles. The number of methoxy groups -OCH3 is 1. The number of rotatable bonds is 4. The second-order valence-electron chi connectivity index (χ2n) is 11.7. The summed E-state index contributed by atoms with van der Waals surface area (Å²) in [6.45, 7) is 4.08. The zero-order valence-corrected chi connectivity index (χ0v) is 22.0. The van der Waals surface area contributed by atoms with Crippen molar-refractivity contribution < 1.29 is 14.6 Å². The SMILES string of the molecule is CO[C@@H]1[C@H](N(C)CC(=O)O)C[C@H]2C[C@]1(C)n1c3ccccc3c3c4c(c5c6ccccc6n2c5c31)CNC4. The number of nitrogens with one attached hydrogen (secondary N) is 1. The molecule has 194 valence electrons. The zero-order chi connectivity index (χ0) is 25.9. The van der Waals surface area contributed by atoms with Gasteiger partial charge in [-0.15, -0.1) is 0 Å². The van der Waals surface area contributed by atoms with Crippen molar-refractivity contribution in [3.05, 3.63) is 59.7 Å².